The van der Waals surface area contributed by atoms with Crippen molar-refractivity contribution in [2.45, 2.75) is 24.8 Å². The van der Waals surface area contributed by atoms with Crippen LogP contribution in [-0.4, -0.2) is 33.0 Å². The molecule has 26 heavy (non-hydrogen) atoms. The Morgan fingerprint density at radius 1 is 1.12 bits per heavy atom. The second-order valence-corrected chi connectivity index (χ2v) is 8.02. The fourth-order valence-corrected chi connectivity index (χ4v) is 2.95. The average Bonchev–Trinajstić information content (AvgIpc) is 2.59. The summed E-state index contributed by atoms with van der Waals surface area (Å²) in [6.45, 7) is 3.07. The lowest BCUT2D eigenvalue weighted by Crippen LogP contribution is -2.31. The Balaban J connectivity index is 1.93. The molecule has 1 amide bonds. The molecular formula is C19H21NO5S. The third-order valence-electron chi connectivity index (χ3n) is 3.80. The Morgan fingerprint density at radius 3 is 2.35 bits per heavy atom. The number of nitrogens with one attached hydrogen (secondary N) is 1. The Morgan fingerprint density at radius 2 is 1.77 bits per heavy atom. The number of carbonyl (C=O) groups excluding carboxylic acids is 2. The van der Waals surface area contributed by atoms with Gasteiger partial charge in [0.25, 0.3) is 5.91 Å². The summed E-state index contributed by atoms with van der Waals surface area (Å²) < 4.78 is 28.4. The van der Waals surface area contributed by atoms with E-state index in [4.69, 9.17) is 4.74 Å². The van der Waals surface area contributed by atoms with Crippen molar-refractivity contribution < 1.29 is 22.7 Å². The minimum absolute atomic E-state index is 0.0777. The van der Waals surface area contributed by atoms with Crippen LogP contribution < -0.4 is 10.1 Å². The quantitative estimate of drug-likeness (QED) is 0.751. The lowest BCUT2D eigenvalue weighted by molar-refractivity contribution is -0.123. The Bertz CT molecular complexity index is 904. The van der Waals surface area contributed by atoms with Gasteiger partial charge in [-0.05, 0) is 43.7 Å². The van der Waals surface area contributed by atoms with E-state index in [2.05, 4.69) is 5.32 Å². The van der Waals surface area contributed by atoms with Crippen LogP contribution in [0.1, 0.15) is 35.8 Å². The van der Waals surface area contributed by atoms with Crippen molar-refractivity contribution in [1.29, 1.82) is 0 Å². The molecule has 0 bridgehead atoms. The van der Waals surface area contributed by atoms with E-state index in [9.17, 15) is 18.0 Å². The molecule has 0 saturated carbocycles. The number of amides is 1. The molecule has 0 heterocycles. The standard InChI is InChI=1S/C19H21NO5S/c1-13(15-7-9-18(10-8-15)26(3,23)24)20-19(22)12-25-17-6-4-5-16(11-17)14(2)21/h4-11,13H,12H2,1-3H3,(H,20,22)/t13-/m1/s1. The third-order valence-corrected chi connectivity index (χ3v) is 4.92. The second-order valence-electron chi connectivity index (χ2n) is 6.00. The van der Waals surface area contributed by atoms with Crippen molar-refractivity contribution in [2.75, 3.05) is 12.9 Å². The molecule has 1 N–H and O–H groups in total. The maximum absolute atomic E-state index is 12.0. The first-order chi connectivity index (χ1) is 12.2. The number of ether oxygens (including phenoxy) is 1. The second kappa shape index (κ2) is 8.14. The van der Waals surface area contributed by atoms with Crippen LogP contribution in [0.25, 0.3) is 0 Å². The molecule has 0 aromatic heterocycles. The van der Waals surface area contributed by atoms with Gasteiger partial charge in [0.2, 0.25) is 0 Å². The molecule has 0 saturated heterocycles. The van der Waals surface area contributed by atoms with Gasteiger partial charge in [0, 0.05) is 11.8 Å². The van der Waals surface area contributed by atoms with E-state index in [1.54, 1.807) is 43.3 Å². The number of sulfone groups is 1. The first-order valence-corrected chi connectivity index (χ1v) is 9.89. The van der Waals surface area contributed by atoms with Gasteiger partial charge in [0.1, 0.15) is 5.75 Å². The van der Waals surface area contributed by atoms with Gasteiger partial charge >= 0.3 is 0 Å². The van der Waals surface area contributed by atoms with Crippen LogP contribution in [0.3, 0.4) is 0 Å². The highest BCUT2D eigenvalue weighted by molar-refractivity contribution is 7.90. The highest BCUT2D eigenvalue weighted by Crippen LogP contribution is 2.17. The molecule has 0 unspecified atom stereocenters. The summed E-state index contributed by atoms with van der Waals surface area (Å²) in [5.41, 5.74) is 1.30. The maximum atomic E-state index is 12.0. The predicted octanol–water partition coefficient (Wildman–Crippen LogP) is 2.55. The van der Waals surface area contributed by atoms with Crippen molar-refractivity contribution in [3.8, 4) is 5.75 Å². The molecule has 7 heteroatoms. The number of carbonyl (C=O) groups is 2. The Kier molecular flexibility index (Phi) is 6.15. The zero-order valence-electron chi connectivity index (χ0n) is 14.9. The number of benzene rings is 2. The highest BCUT2D eigenvalue weighted by atomic mass is 32.2. The molecule has 138 valence electrons. The third kappa shape index (κ3) is 5.42. The highest BCUT2D eigenvalue weighted by Gasteiger charge is 2.12. The van der Waals surface area contributed by atoms with Crippen LogP contribution in [-0.2, 0) is 14.6 Å². The van der Waals surface area contributed by atoms with Gasteiger partial charge < -0.3 is 10.1 Å². The van der Waals surface area contributed by atoms with Crippen LogP contribution in [0.2, 0.25) is 0 Å². The zero-order chi connectivity index (χ0) is 19.3. The number of ketones is 1. The van der Waals surface area contributed by atoms with E-state index in [0.717, 1.165) is 11.8 Å². The van der Waals surface area contributed by atoms with E-state index in [1.165, 1.54) is 19.1 Å². The van der Waals surface area contributed by atoms with Crippen molar-refractivity contribution in [1.82, 2.24) is 5.32 Å². The van der Waals surface area contributed by atoms with E-state index in [-0.39, 0.29) is 29.2 Å². The molecule has 2 aromatic carbocycles. The number of hydrogen-bond acceptors (Lipinski definition) is 5. The van der Waals surface area contributed by atoms with Gasteiger partial charge in [-0.15, -0.1) is 0 Å². The lowest BCUT2D eigenvalue weighted by Gasteiger charge is -2.15. The Hall–Kier alpha value is -2.67. The summed E-state index contributed by atoms with van der Waals surface area (Å²) in [7, 11) is -3.25. The van der Waals surface area contributed by atoms with E-state index in [0.29, 0.717) is 11.3 Å². The summed E-state index contributed by atoms with van der Waals surface area (Å²) >= 11 is 0. The molecule has 2 rings (SSSR count). The van der Waals surface area contributed by atoms with Gasteiger partial charge in [0.15, 0.2) is 22.2 Å². The van der Waals surface area contributed by atoms with Crippen molar-refractivity contribution in [3.63, 3.8) is 0 Å². The van der Waals surface area contributed by atoms with E-state index >= 15 is 0 Å². The van der Waals surface area contributed by atoms with Crippen LogP contribution in [0.4, 0.5) is 0 Å². The Labute approximate surface area is 153 Å². The van der Waals surface area contributed by atoms with Gasteiger partial charge in [-0.3, -0.25) is 9.59 Å². The summed E-state index contributed by atoms with van der Waals surface area (Å²) in [6.07, 6.45) is 1.14. The van der Waals surface area contributed by atoms with Crippen LogP contribution in [0.5, 0.6) is 5.75 Å². The molecular weight excluding hydrogens is 354 g/mol. The van der Waals surface area contributed by atoms with E-state index in [1.807, 2.05) is 0 Å². The maximum Gasteiger partial charge on any atom is 0.258 e. The molecule has 0 aliphatic heterocycles. The molecule has 0 spiro atoms. The molecule has 2 aromatic rings. The first-order valence-electron chi connectivity index (χ1n) is 8.00. The van der Waals surface area contributed by atoms with Crippen LogP contribution >= 0.6 is 0 Å². The lowest BCUT2D eigenvalue weighted by atomic mass is 10.1. The van der Waals surface area contributed by atoms with Crippen molar-refractivity contribution >= 4 is 21.5 Å². The average molecular weight is 375 g/mol. The smallest absolute Gasteiger partial charge is 0.258 e. The molecule has 0 aliphatic carbocycles. The number of Topliss-reactive ketones (excluding diaryl/α,β-unsaturated/α-hetero) is 1. The SMILES string of the molecule is CC(=O)c1cccc(OCC(=O)N[C@H](C)c2ccc(S(C)(=O)=O)cc2)c1. The van der Waals surface area contributed by atoms with Gasteiger partial charge in [-0.25, -0.2) is 8.42 Å². The largest absolute Gasteiger partial charge is 0.484 e. The zero-order valence-corrected chi connectivity index (χ0v) is 15.7. The summed E-state index contributed by atoms with van der Waals surface area (Å²) in [4.78, 5) is 23.6. The fourth-order valence-electron chi connectivity index (χ4n) is 2.32. The van der Waals surface area contributed by atoms with Gasteiger partial charge in [-0.1, -0.05) is 24.3 Å². The minimum Gasteiger partial charge on any atom is -0.484 e. The monoisotopic (exact) mass is 375 g/mol. The minimum atomic E-state index is -3.25. The molecule has 1 atom stereocenters. The van der Waals surface area contributed by atoms with Crippen LogP contribution in [0.15, 0.2) is 53.4 Å². The molecule has 0 aliphatic rings. The van der Waals surface area contributed by atoms with Gasteiger partial charge in [-0.2, -0.15) is 0 Å². The fraction of sp³-hybridized carbons (Fsp3) is 0.263. The molecule has 6 nitrogen and oxygen atoms in total. The summed E-state index contributed by atoms with van der Waals surface area (Å²) in [6, 6.07) is 12.7. The molecule has 0 fully saturated rings. The van der Waals surface area contributed by atoms with Crippen molar-refractivity contribution in [2.24, 2.45) is 0 Å². The first kappa shape index (κ1) is 19.7. The van der Waals surface area contributed by atoms with E-state index < -0.39 is 9.84 Å². The van der Waals surface area contributed by atoms with Crippen LogP contribution in [0, 0.1) is 0 Å². The summed E-state index contributed by atoms with van der Waals surface area (Å²) in [5.74, 6) is 0.0435. The summed E-state index contributed by atoms with van der Waals surface area (Å²) in [5, 5.41) is 2.78. The van der Waals surface area contributed by atoms with Gasteiger partial charge in [0.05, 0.1) is 10.9 Å². The number of hydrogen-bond donors (Lipinski definition) is 1. The number of rotatable bonds is 7. The predicted molar refractivity (Wildman–Crippen MR) is 98.1 cm³/mol. The molecule has 0 radical (unpaired) electrons. The van der Waals surface area contributed by atoms with Crippen molar-refractivity contribution in [3.05, 3.63) is 59.7 Å². The normalized spacial score (nSPS) is 12.3. The topological polar surface area (TPSA) is 89.5 Å².